The lowest BCUT2D eigenvalue weighted by Crippen LogP contribution is -2.25. The largest absolute Gasteiger partial charge is 0.489 e. The number of carboxylic acids is 1. The van der Waals surface area contributed by atoms with Crippen LogP contribution in [-0.4, -0.2) is 23.5 Å². The van der Waals surface area contributed by atoms with E-state index in [1.807, 2.05) is 0 Å². The molecule has 1 aliphatic rings. The molecule has 0 bridgehead atoms. The van der Waals surface area contributed by atoms with E-state index in [-0.39, 0.29) is 25.5 Å². The molecule has 0 radical (unpaired) electrons. The van der Waals surface area contributed by atoms with Crippen LogP contribution in [0.15, 0.2) is 48.5 Å². The number of aliphatic carboxylic acids is 1. The molecule has 0 aliphatic carbocycles. The number of rotatable bonds is 5. The molecule has 0 spiro atoms. The minimum atomic E-state index is -4.41. The highest BCUT2D eigenvalue weighted by Gasteiger charge is 2.35. The SMILES string of the molecule is O=C(O)C1CC(=O)N(c2ccc(OCc3cccc(C(F)(F)F)c3)cc2)C1. The molecule has 3 rings (SSSR count). The average molecular weight is 379 g/mol. The first-order valence-electron chi connectivity index (χ1n) is 8.16. The van der Waals surface area contributed by atoms with Crippen molar-refractivity contribution < 1.29 is 32.6 Å². The van der Waals surface area contributed by atoms with Crippen molar-refractivity contribution in [3.8, 4) is 5.75 Å². The second-order valence-electron chi connectivity index (χ2n) is 6.22. The molecule has 0 saturated carbocycles. The van der Waals surface area contributed by atoms with Gasteiger partial charge in [0, 0.05) is 18.7 Å². The third kappa shape index (κ3) is 4.39. The Hall–Kier alpha value is -3.03. The fraction of sp³-hybridized carbons (Fsp3) is 0.263. The zero-order valence-corrected chi connectivity index (χ0v) is 14.1. The van der Waals surface area contributed by atoms with Crippen molar-refractivity contribution in [2.75, 3.05) is 11.4 Å². The summed E-state index contributed by atoms with van der Waals surface area (Å²) in [4.78, 5) is 24.4. The van der Waals surface area contributed by atoms with Crippen LogP contribution in [0.4, 0.5) is 18.9 Å². The molecular formula is C19H16F3NO4. The highest BCUT2D eigenvalue weighted by Crippen LogP contribution is 2.30. The summed E-state index contributed by atoms with van der Waals surface area (Å²) in [5.41, 5.74) is 0.197. The number of ether oxygens (including phenoxy) is 1. The second-order valence-corrected chi connectivity index (χ2v) is 6.22. The third-order valence-corrected chi connectivity index (χ3v) is 4.28. The van der Waals surface area contributed by atoms with Crippen LogP contribution in [0.25, 0.3) is 0 Å². The Morgan fingerprint density at radius 1 is 1.19 bits per heavy atom. The summed E-state index contributed by atoms with van der Waals surface area (Å²) in [5, 5.41) is 9.02. The van der Waals surface area contributed by atoms with Gasteiger partial charge in [0.25, 0.3) is 0 Å². The lowest BCUT2D eigenvalue weighted by atomic mass is 10.1. The van der Waals surface area contributed by atoms with Crippen molar-refractivity contribution >= 4 is 17.6 Å². The molecule has 2 aromatic carbocycles. The zero-order chi connectivity index (χ0) is 19.6. The van der Waals surface area contributed by atoms with Crippen LogP contribution >= 0.6 is 0 Å². The van der Waals surface area contributed by atoms with Crippen LogP contribution in [0.2, 0.25) is 0 Å². The van der Waals surface area contributed by atoms with Gasteiger partial charge in [-0.3, -0.25) is 9.59 Å². The molecule has 1 amide bonds. The van der Waals surface area contributed by atoms with E-state index in [0.717, 1.165) is 12.1 Å². The lowest BCUT2D eigenvalue weighted by Gasteiger charge is -2.16. The van der Waals surface area contributed by atoms with Gasteiger partial charge in [-0.1, -0.05) is 12.1 Å². The lowest BCUT2D eigenvalue weighted by molar-refractivity contribution is -0.141. The first-order valence-corrected chi connectivity index (χ1v) is 8.16. The number of hydrogen-bond donors (Lipinski definition) is 1. The Kier molecular flexibility index (Phi) is 5.07. The van der Waals surface area contributed by atoms with Gasteiger partial charge in [0.15, 0.2) is 0 Å². The minimum absolute atomic E-state index is 0.0347. The number of nitrogens with zero attached hydrogens (tertiary/aromatic N) is 1. The summed E-state index contributed by atoms with van der Waals surface area (Å²) in [6, 6.07) is 11.3. The molecule has 142 valence electrons. The van der Waals surface area contributed by atoms with Crippen molar-refractivity contribution in [1.82, 2.24) is 0 Å². The van der Waals surface area contributed by atoms with E-state index >= 15 is 0 Å². The van der Waals surface area contributed by atoms with Gasteiger partial charge in [-0.25, -0.2) is 0 Å². The first-order chi connectivity index (χ1) is 12.7. The highest BCUT2D eigenvalue weighted by atomic mass is 19.4. The maximum Gasteiger partial charge on any atom is 0.416 e. The molecule has 2 aromatic rings. The number of carbonyl (C=O) groups excluding carboxylic acids is 1. The van der Waals surface area contributed by atoms with Gasteiger partial charge < -0.3 is 14.7 Å². The van der Waals surface area contributed by atoms with Gasteiger partial charge in [0.2, 0.25) is 5.91 Å². The van der Waals surface area contributed by atoms with Crippen LogP contribution in [-0.2, 0) is 22.4 Å². The Bertz CT molecular complexity index is 849. The molecule has 8 heteroatoms. The van der Waals surface area contributed by atoms with Crippen molar-refractivity contribution in [2.24, 2.45) is 5.92 Å². The summed E-state index contributed by atoms with van der Waals surface area (Å²) in [6.07, 6.45) is -4.45. The summed E-state index contributed by atoms with van der Waals surface area (Å²) >= 11 is 0. The van der Waals surface area contributed by atoms with Crippen LogP contribution < -0.4 is 9.64 Å². The predicted octanol–water partition coefficient (Wildman–Crippen LogP) is 3.72. The number of carbonyl (C=O) groups is 2. The number of anilines is 1. The fourth-order valence-electron chi connectivity index (χ4n) is 2.85. The maximum atomic E-state index is 12.7. The van der Waals surface area contributed by atoms with Crippen LogP contribution in [0.1, 0.15) is 17.5 Å². The van der Waals surface area contributed by atoms with Crippen molar-refractivity contribution in [1.29, 1.82) is 0 Å². The standard InChI is InChI=1S/C19H16F3NO4/c20-19(21,22)14-3-1-2-12(8-14)11-27-16-6-4-15(5-7-16)23-10-13(18(25)26)9-17(23)24/h1-8,13H,9-11H2,(H,25,26). The molecule has 0 aromatic heterocycles. The Morgan fingerprint density at radius 3 is 2.48 bits per heavy atom. The number of alkyl halides is 3. The maximum absolute atomic E-state index is 12.7. The first kappa shape index (κ1) is 18.8. The monoisotopic (exact) mass is 379 g/mol. The molecule has 1 saturated heterocycles. The van der Waals surface area contributed by atoms with E-state index in [0.29, 0.717) is 17.0 Å². The Labute approximate surface area is 153 Å². The van der Waals surface area contributed by atoms with Crippen LogP contribution in [0, 0.1) is 5.92 Å². The van der Waals surface area contributed by atoms with Crippen LogP contribution in [0.5, 0.6) is 5.75 Å². The summed E-state index contributed by atoms with van der Waals surface area (Å²) in [7, 11) is 0. The van der Waals surface area contributed by atoms with Gasteiger partial charge in [-0.15, -0.1) is 0 Å². The number of hydrogen-bond acceptors (Lipinski definition) is 3. The van der Waals surface area contributed by atoms with Crippen molar-refractivity contribution in [2.45, 2.75) is 19.2 Å². The Morgan fingerprint density at radius 2 is 1.89 bits per heavy atom. The number of carboxylic acid groups (broad SMARTS) is 1. The molecule has 1 aliphatic heterocycles. The van der Waals surface area contributed by atoms with Gasteiger partial charge >= 0.3 is 12.1 Å². The van der Waals surface area contributed by atoms with E-state index in [1.165, 1.54) is 11.0 Å². The quantitative estimate of drug-likeness (QED) is 0.860. The summed E-state index contributed by atoms with van der Waals surface area (Å²) in [6.45, 7) is 0.0750. The van der Waals surface area contributed by atoms with Gasteiger partial charge in [-0.2, -0.15) is 13.2 Å². The molecule has 1 heterocycles. The molecule has 27 heavy (non-hydrogen) atoms. The topological polar surface area (TPSA) is 66.8 Å². The van der Waals surface area contributed by atoms with E-state index in [2.05, 4.69) is 0 Å². The molecular weight excluding hydrogens is 363 g/mol. The minimum Gasteiger partial charge on any atom is -0.489 e. The average Bonchev–Trinajstić information content (AvgIpc) is 3.02. The highest BCUT2D eigenvalue weighted by molar-refractivity contribution is 5.99. The summed E-state index contributed by atoms with van der Waals surface area (Å²) in [5.74, 6) is -1.57. The smallest absolute Gasteiger partial charge is 0.416 e. The molecule has 1 fully saturated rings. The molecule has 1 atom stereocenters. The van der Waals surface area contributed by atoms with E-state index in [1.54, 1.807) is 30.3 Å². The van der Waals surface area contributed by atoms with E-state index in [4.69, 9.17) is 9.84 Å². The predicted molar refractivity (Wildman–Crippen MR) is 90.3 cm³/mol. The molecule has 1 N–H and O–H groups in total. The fourth-order valence-corrected chi connectivity index (χ4v) is 2.85. The van der Waals surface area contributed by atoms with Crippen LogP contribution in [0.3, 0.4) is 0 Å². The van der Waals surface area contributed by atoms with Crippen molar-refractivity contribution in [3.05, 3.63) is 59.7 Å². The van der Waals surface area contributed by atoms with E-state index < -0.39 is 23.6 Å². The number of halogens is 3. The summed E-state index contributed by atoms with van der Waals surface area (Å²) < 4.78 is 43.7. The molecule has 5 nitrogen and oxygen atoms in total. The van der Waals surface area contributed by atoms with Gasteiger partial charge in [-0.05, 0) is 42.0 Å². The second kappa shape index (κ2) is 7.30. The third-order valence-electron chi connectivity index (χ3n) is 4.28. The number of amides is 1. The van der Waals surface area contributed by atoms with Gasteiger partial charge in [0.05, 0.1) is 11.5 Å². The van der Waals surface area contributed by atoms with Crippen molar-refractivity contribution in [3.63, 3.8) is 0 Å². The Balaban J connectivity index is 1.63. The van der Waals surface area contributed by atoms with E-state index in [9.17, 15) is 22.8 Å². The normalized spacial score (nSPS) is 17.2. The van der Waals surface area contributed by atoms with Gasteiger partial charge in [0.1, 0.15) is 12.4 Å². The molecule has 1 unspecified atom stereocenters. The number of benzene rings is 2. The zero-order valence-electron chi connectivity index (χ0n) is 14.1.